The second-order valence-corrected chi connectivity index (χ2v) is 7.43. The molecule has 3 aromatic carbocycles. The highest BCUT2D eigenvalue weighted by Crippen LogP contribution is 2.30. The highest BCUT2D eigenvalue weighted by molar-refractivity contribution is 7.80. The molecule has 2 N–H and O–H groups in total. The molecule has 31 heavy (non-hydrogen) atoms. The van der Waals surface area contributed by atoms with Gasteiger partial charge >= 0.3 is 0 Å². The van der Waals surface area contributed by atoms with Crippen LogP contribution in [0.2, 0.25) is 0 Å². The number of hydrogen-bond acceptors (Lipinski definition) is 5. The van der Waals surface area contributed by atoms with E-state index in [4.69, 9.17) is 21.1 Å². The Labute approximate surface area is 182 Å². The Balaban J connectivity index is 1.35. The van der Waals surface area contributed by atoms with E-state index in [2.05, 4.69) is 15.6 Å². The molecular formula is C24H17N3O3S. The number of nitrogens with one attached hydrogen (secondary N) is 2. The van der Waals surface area contributed by atoms with Gasteiger partial charge in [0.25, 0.3) is 5.91 Å². The summed E-state index contributed by atoms with van der Waals surface area (Å²) in [5.41, 5.74) is 4.65. The van der Waals surface area contributed by atoms with Crippen LogP contribution in [-0.4, -0.2) is 16.0 Å². The fraction of sp³-hybridized carbons (Fsp3) is 0.0417. The molecule has 1 amide bonds. The summed E-state index contributed by atoms with van der Waals surface area (Å²) >= 11 is 5.34. The van der Waals surface area contributed by atoms with Gasteiger partial charge in [-0.1, -0.05) is 36.4 Å². The van der Waals surface area contributed by atoms with Crippen LogP contribution in [0.25, 0.3) is 33.5 Å². The van der Waals surface area contributed by atoms with Crippen molar-refractivity contribution in [1.29, 1.82) is 0 Å². The SMILES string of the molecule is Cc1c(NC(=S)NC(=O)c2cc3ccccc3o2)cccc1-c1nc2ccccc2o1. The molecule has 0 saturated heterocycles. The Morgan fingerprint density at radius 1 is 0.935 bits per heavy atom. The monoisotopic (exact) mass is 427 g/mol. The summed E-state index contributed by atoms with van der Waals surface area (Å²) in [6, 6.07) is 22.4. The van der Waals surface area contributed by atoms with Crippen LogP contribution < -0.4 is 10.6 Å². The average molecular weight is 427 g/mol. The Kier molecular flexibility index (Phi) is 4.72. The number of nitrogens with zero attached hydrogens (tertiary/aromatic N) is 1. The maximum Gasteiger partial charge on any atom is 0.293 e. The summed E-state index contributed by atoms with van der Waals surface area (Å²) in [7, 11) is 0. The van der Waals surface area contributed by atoms with Crippen molar-refractivity contribution in [2.75, 3.05) is 5.32 Å². The first kappa shape index (κ1) is 19.0. The van der Waals surface area contributed by atoms with Crippen molar-refractivity contribution >= 4 is 51.0 Å². The lowest BCUT2D eigenvalue weighted by atomic mass is 10.1. The van der Waals surface area contributed by atoms with E-state index in [1.807, 2.05) is 73.7 Å². The van der Waals surface area contributed by atoms with Crippen LogP contribution in [0.15, 0.2) is 81.6 Å². The van der Waals surface area contributed by atoms with E-state index in [9.17, 15) is 4.79 Å². The molecule has 2 heterocycles. The fourth-order valence-corrected chi connectivity index (χ4v) is 3.60. The quantitative estimate of drug-likeness (QED) is 0.361. The van der Waals surface area contributed by atoms with Crippen molar-refractivity contribution in [1.82, 2.24) is 10.3 Å². The number of aromatic nitrogens is 1. The molecular weight excluding hydrogens is 410 g/mol. The minimum atomic E-state index is -0.415. The molecule has 7 heteroatoms. The summed E-state index contributed by atoms with van der Waals surface area (Å²) in [6.07, 6.45) is 0. The van der Waals surface area contributed by atoms with E-state index < -0.39 is 5.91 Å². The minimum absolute atomic E-state index is 0.170. The molecule has 0 aliphatic carbocycles. The molecule has 6 nitrogen and oxygen atoms in total. The number of carbonyl (C=O) groups is 1. The van der Waals surface area contributed by atoms with E-state index in [0.717, 1.165) is 33.3 Å². The Morgan fingerprint density at radius 3 is 2.52 bits per heavy atom. The second-order valence-electron chi connectivity index (χ2n) is 7.02. The molecule has 0 radical (unpaired) electrons. The lowest BCUT2D eigenvalue weighted by molar-refractivity contribution is 0.0953. The number of furan rings is 1. The summed E-state index contributed by atoms with van der Waals surface area (Å²) in [4.78, 5) is 17.1. The molecule has 0 aliphatic heterocycles. The van der Waals surface area contributed by atoms with Gasteiger partial charge in [-0.05, 0) is 61.1 Å². The number of para-hydroxylation sites is 3. The van der Waals surface area contributed by atoms with Gasteiger partial charge in [0.05, 0.1) is 0 Å². The zero-order valence-corrected chi connectivity index (χ0v) is 17.3. The van der Waals surface area contributed by atoms with Crippen LogP contribution in [0.5, 0.6) is 0 Å². The predicted molar refractivity (Wildman–Crippen MR) is 124 cm³/mol. The Hall–Kier alpha value is -3.97. The largest absolute Gasteiger partial charge is 0.451 e. The molecule has 2 aromatic heterocycles. The van der Waals surface area contributed by atoms with Gasteiger partial charge in [0.1, 0.15) is 11.1 Å². The molecule has 0 spiro atoms. The first-order valence-electron chi connectivity index (χ1n) is 9.65. The highest BCUT2D eigenvalue weighted by atomic mass is 32.1. The number of hydrogen-bond donors (Lipinski definition) is 2. The Morgan fingerprint density at radius 2 is 1.71 bits per heavy atom. The van der Waals surface area contributed by atoms with Gasteiger partial charge in [0, 0.05) is 16.6 Å². The van der Waals surface area contributed by atoms with E-state index in [1.54, 1.807) is 6.07 Å². The maximum absolute atomic E-state index is 12.5. The number of benzene rings is 3. The first-order chi connectivity index (χ1) is 15.1. The summed E-state index contributed by atoms with van der Waals surface area (Å²) in [6.45, 7) is 1.94. The minimum Gasteiger partial charge on any atom is -0.451 e. The molecule has 0 unspecified atom stereocenters. The third-order valence-corrected chi connectivity index (χ3v) is 5.19. The number of oxazole rings is 1. The van der Waals surface area contributed by atoms with Gasteiger partial charge in [-0.3, -0.25) is 10.1 Å². The number of fused-ring (bicyclic) bond motifs is 2. The van der Waals surface area contributed by atoms with Crippen molar-refractivity contribution in [2.45, 2.75) is 6.92 Å². The van der Waals surface area contributed by atoms with Gasteiger partial charge in [0.15, 0.2) is 16.5 Å². The van der Waals surface area contributed by atoms with Gasteiger partial charge < -0.3 is 14.2 Å². The normalized spacial score (nSPS) is 11.0. The van der Waals surface area contributed by atoms with Crippen LogP contribution in [0.3, 0.4) is 0 Å². The maximum atomic E-state index is 12.5. The van der Waals surface area contributed by atoms with Crippen molar-refractivity contribution < 1.29 is 13.6 Å². The molecule has 5 rings (SSSR count). The van der Waals surface area contributed by atoms with Crippen molar-refractivity contribution in [3.8, 4) is 11.5 Å². The highest BCUT2D eigenvalue weighted by Gasteiger charge is 2.16. The van der Waals surface area contributed by atoms with Crippen molar-refractivity contribution in [2.24, 2.45) is 0 Å². The van der Waals surface area contributed by atoms with Gasteiger partial charge in [-0.15, -0.1) is 0 Å². The molecule has 152 valence electrons. The van der Waals surface area contributed by atoms with Gasteiger partial charge in [-0.25, -0.2) is 4.98 Å². The van der Waals surface area contributed by atoms with Crippen molar-refractivity contribution in [3.05, 3.63) is 84.1 Å². The number of rotatable bonds is 3. The molecule has 0 saturated carbocycles. The lowest BCUT2D eigenvalue weighted by Gasteiger charge is -2.13. The van der Waals surface area contributed by atoms with Gasteiger partial charge in [-0.2, -0.15) is 0 Å². The third-order valence-electron chi connectivity index (χ3n) is 4.98. The molecule has 5 aromatic rings. The number of anilines is 1. The van der Waals surface area contributed by atoms with E-state index in [1.165, 1.54) is 0 Å². The van der Waals surface area contributed by atoms with Crippen LogP contribution in [0.1, 0.15) is 16.1 Å². The smallest absolute Gasteiger partial charge is 0.293 e. The third kappa shape index (κ3) is 3.67. The van der Waals surface area contributed by atoms with Gasteiger partial charge in [0.2, 0.25) is 5.89 Å². The molecule has 0 aliphatic rings. The lowest BCUT2D eigenvalue weighted by Crippen LogP contribution is -2.34. The standard InChI is InChI=1S/C24H17N3O3S/c1-14-16(23-25-18-9-3-5-12-20(18)30-23)8-6-10-17(14)26-24(31)27-22(28)21-13-15-7-2-4-11-19(15)29-21/h2-13H,1H3,(H2,26,27,28,31). The zero-order valence-electron chi connectivity index (χ0n) is 16.5. The van der Waals surface area contributed by atoms with E-state index >= 15 is 0 Å². The topological polar surface area (TPSA) is 80.3 Å². The summed E-state index contributed by atoms with van der Waals surface area (Å²) < 4.78 is 11.5. The van der Waals surface area contributed by atoms with Crippen molar-refractivity contribution in [3.63, 3.8) is 0 Å². The van der Waals surface area contributed by atoms with E-state index in [-0.39, 0.29) is 10.9 Å². The first-order valence-corrected chi connectivity index (χ1v) is 10.1. The number of amides is 1. The predicted octanol–water partition coefficient (Wildman–Crippen LogP) is 5.68. The fourth-order valence-electron chi connectivity index (χ4n) is 3.40. The van der Waals surface area contributed by atoms with Crippen LogP contribution >= 0.6 is 12.2 Å². The summed E-state index contributed by atoms with van der Waals surface area (Å²) in [5.74, 6) is 0.309. The summed E-state index contributed by atoms with van der Waals surface area (Å²) in [5, 5.41) is 6.76. The van der Waals surface area contributed by atoms with E-state index in [0.29, 0.717) is 11.5 Å². The second kappa shape index (κ2) is 7.70. The number of thiocarbonyl (C=S) groups is 1. The van der Waals surface area contributed by atoms with Crippen LogP contribution in [0, 0.1) is 6.92 Å². The van der Waals surface area contributed by atoms with Crippen LogP contribution in [0.4, 0.5) is 5.69 Å². The zero-order chi connectivity index (χ0) is 21.4. The van der Waals surface area contributed by atoms with Crippen LogP contribution in [-0.2, 0) is 0 Å². The molecule has 0 fully saturated rings. The molecule has 0 atom stereocenters. The molecule has 0 bridgehead atoms. The number of carbonyl (C=O) groups excluding carboxylic acids is 1. The Bertz CT molecular complexity index is 1390. The average Bonchev–Trinajstić information content (AvgIpc) is 3.39.